The summed E-state index contributed by atoms with van der Waals surface area (Å²) in [6.45, 7) is 1.34. The Morgan fingerprint density at radius 3 is 2.43 bits per heavy atom. The molecule has 2 aromatic rings. The van der Waals surface area contributed by atoms with Gasteiger partial charge in [0.15, 0.2) is 0 Å². The zero-order valence-electron chi connectivity index (χ0n) is 12.4. The van der Waals surface area contributed by atoms with Crippen molar-refractivity contribution in [3.8, 4) is 5.75 Å². The molecule has 0 saturated carbocycles. The predicted molar refractivity (Wildman–Crippen MR) is 96.0 cm³/mol. The van der Waals surface area contributed by atoms with Crippen LogP contribution in [0.15, 0.2) is 42.5 Å². The summed E-state index contributed by atoms with van der Waals surface area (Å²) in [5, 5.41) is 14.9. The van der Waals surface area contributed by atoms with Crippen LogP contribution < -0.4 is 10.1 Å². The lowest BCUT2D eigenvalue weighted by molar-refractivity contribution is 0.107. The largest absolute Gasteiger partial charge is 0.489 e. The number of aliphatic hydroxyl groups excluding tert-OH is 1. The monoisotopic (exact) mass is 373 g/mol. The van der Waals surface area contributed by atoms with E-state index in [1.54, 1.807) is 18.2 Å². The minimum Gasteiger partial charge on any atom is -0.489 e. The molecule has 0 fully saturated rings. The second kappa shape index (κ2) is 9.36. The quantitative estimate of drug-likeness (QED) is 0.680. The van der Waals surface area contributed by atoms with Gasteiger partial charge in [0.25, 0.3) is 0 Å². The molecule has 0 unspecified atom stereocenters. The Hall–Kier alpha value is -0.970. The van der Waals surface area contributed by atoms with Gasteiger partial charge in [-0.25, -0.2) is 0 Å². The predicted octanol–water partition coefficient (Wildman–Crippen LogP) is 4.22. The summed E-state index contributed by atoms with van der Waals surface area (Å²) in [5.41, 5.74) is 1.19. The van der Waals surface area contributed by atoms with Crippen LogP contribution in [0.4, 0.5) is 0 Å². The molecule has 3 nitrogen and oxygen atoms in total. The van der Waals surface area contributed by atoms with Gasteiger partial charge in [-0.2, -0.15) is 0 Å². The van der Waals surface area contributed by atoms with Crippen molar-refractivity contribution in [2.24, 2.45) is 0 Å². The lowest BCUT2D eigenvalue weighted by Crippen LogP contribution is -2.32. The summed E-state index contributed by atoms with van der Waals surface area (Å²) in [4.78, 5) is 0. The molecule has 0 aliphatic carbocycles. The maximum atomic E-state index is 9.92. The van der Waals surface area contributed by atoms with Crippen LogP contribution in [0.3, 0.4) is 0 Å². The number of hydrogen-bond donors (Lipinski definition) is 2. The van der Waals surface area contributed by atoms with E-state index in [1.807, 2.05) is 24.3 Å². The van der Waals surface area contributed by atoms with Gasteiger partial charge in [0.1, 0.15) is 18.5 Å². The zero-order valence-corrected chi connectivity index (χ0v) is 14.7. The van der Waals surface area contributed by atoms with Crippen molar-refractivity contribution in [1.29, 1.82) is 0 Å². The van der Waals surface area contributed by atoms with Crippen molar-refractivity contribution in [3.63, 3.8) is 0 Å². The van der Waals surface area contributed by atoms with E-state index in [4.69, 9.17) is 39.5 Å². The molecule has 0 spiro atoms. The molecule has 0 heterocycles. The lowest BCUT2D eigenvalue weighted by Gasteiger charge is -2.14. The molecular weight excluding hydrogens is 357 g/mol. The van der Waals surface area contributed by atoms with E-state index in [0.717, 1.165) is 18.0 Å². The summed E-state index contributed by atoms with van der Waals surface area (Å²) in [5.74, 6) is 0.472. The Labute approximate surface area is 151 Å². The van der Waals surface area contributed by atoms with Gasteiger partial charge in [0.05, 0.1) is 5.02 Å². The van der Waals surface area contributed by atoms with Crippen molar-refractivity contribution in [3.05, 3.63) is 63.1 Å². The number of hydrogen-bond acceptors (Lipinski definition) is 3. The van der Waals surface area contributed by atoms with Gasteiger partial charge in [0.2, 0.25) is 0 Å². The Morgan fingerprint density at radius 2 is 1.70 bits per heavy atom. The Morgan fingerprint density at radius 1 is 1.00 bits per heavy atom. The van der Waals surface area contributed by atoms with E-state index in [9.17, 15) is 5.11 Å². The standard InChI is InChI=1S/C17H18Cl3NO2/c18-13-3-1-12(2-4-13)7-8-21-10-15(22)11-23-17-9-14(19)5-6-16(17)20/h1-6,9,15,21-22H,7-8,10-11H2/t15-/m0/s1. The van der Waals surface area contributed by atoms with E-state index >= 15 is 0 Å². The minimum atomic E-state index is -0.629. The summed E-state index contributed by atoms with van der Waals surface area (Å²) in [6.07, 6.45) is 0.237. The number of halogens is 3. The van der Waals surface area contributed by atoms with Gasteiger partial charge in [-0.1, -0.05) is 46.9 Å². The summed E-state index contributed by atoms with van der Waals surface area (Å²) >= 11 is 17.7. The van der Waals surface area contributed by atoms with E-state index in [0.29, 0.717) is 22.3 Å². The fourth-order valence-corrected chi connectivity index (χ4v) is 2.45. The number of ether oxygens (including phenoxy) is 1. The second-order valence-corrected chi connectivity index (χ2v) is 6.40. The fourth-order valence-electron chi connectivity index (χ4n) is 1.99. The van der Waals surface area contributed by atoms with Crippen LogP contribution in [-0.2, 0) is 6.42 Å². The first-order valence-corrected chi connectivity index (χ1v) is 8.39. The SMILES string of the molecule is O[C@@H](CNCCc1ccc(Cl)cc1)COc1cc(Cl)ccc1Cl. The highest BCUT2D eigenvalue weighted by Gasteiger charge is 2.08. The van der Waals surface area contributed by atoms with Crippen molar-refractivity contribution in [2.45, 2.75) is 12.5 Å². The first-order chi connectivity index (χ1) is 11.0. The highest BCUT2D eigenvalue weighted by Crippen LogP contribution is 2.27. The third-order valence-electron chi connectivity index (χ3n) is 3.21. The van der Waals surface area contributed by atoms with Gasteiger partial charge in [-0.3, -0.25) is 0 Å². The van der Waals surface area contributed by atoms with E-state index in [-0.39, 0.29) is 6.61 Å². The van der Waals surface area contributed by atoms with Crippen LogP contribution in [0.1, 0.15) is 5.56 Å². The molecule has 0 saturated heterocycles. The van der Waals surface area contributed by atoms with Gasteiger partial charge >= 0.3 is 0 Å². The Kier molecular flexibility index (Phi) is 7.47. The smallest absolute Gasteiger partial charge is 0.139 e. The molecule has 2 rings (SSSR count). The molecule has 1 atom stereocenters. The fraction of sp³-hybridized carbons (Fsp3) is 0.294. The van der Waals surface area contributed by atoms with E-state index < -0.39 is 6.10 Å². The van der Waals surface area contributed by atoms with Crippen molar-refractivity contribution >= 4 is 34.8 Å². The van der Waals surface area contributed by atoms with E-state index in [2.05, 4.69) is 5.32 Å². The molecule has 2 N–H and O–H groups in total. The molecule has 0 bridgehead atoms. The van der Waals surface area contributed by atoms with E-state index in [1.165, 1.54) is 5.56 Å². The molecule has 6 heteroatoms. The van der Waals surface area contributed by atoms with Gasteiger partial charge in [-0.15, -0.1) is 0 Å². The Balaban J connectivity index is 1.66. The van der Waals surface area contributed by atoms with Crippen molar-refractivity contribution in [2.75, 3.05) is 19.7 Å². The normalized spacial score (nSPS) is 12.2. The highest BCUT2D eigenvalue weighted by atomic mass is 35.5. The molecule has 23 heavy (non-hydrogen) atoms. The number of benzene rings is 2. The van der Waals surface area contributed by atoms with Gasteiger partial charge in [-0.05, 0) is 42.8 Å². The van der Waals surface area contributed by atoms with Crippen molar-refractivity contribution < 1.29 is 9.84 Å². The summed E-state index contributed by atoms with van der Waals surface area (Å²) in [6, 6.07) is 12.7. The van der Waals surface area contributed by atoms with Crippen molar-refractivity contribution in [1.82, 2.24) is 5.32 Å². The average molecular weight is 375 g/mol. The topological polar surface area (TPSA) is 41.5 Å². The van der Waals surface area contributed by atoms with Crippen LogP contribution in [0.2, 0.25) is 15.1 Å². The average Bonchev–Trinajstić information content (AvgIpc) is 2.54. The minimum absolute atomic E-state index is 0.147. The molecule has 0 aliphatic heterocycles. The molecule has 0 radical (unpaired) electrons. The maximum absolute atomic E-state index is 9.92. The first-order valence-electron chi connectivity index (χ1n) is 7.25. The van der Waals surface area contributed by atoms with Gasteiger partial charge in [0, 0.05) is 22.7 Å². The molecule has 0 aromatic heterocycles. The van der Waals surface area contributed by atoms with Gasteiger partial charge < -0.3 is 15.2 Å². The molecule has 0 amide bonds. The van der Waals surface area contributed by atoms with Crippen LogP contribution in [0, 0.1) is 0 Å². The third-order valence-corrected chi connectivity index (χ3v) is 4.01. The Bertz CT molecular complexity index is 620. The summed E-state index contributed by atoms with van der Waals surface area (Å²) in [7, 11) is 0. The summed E-state index contributed by atoms with van der Waals surface area (Å²) < 4.78 is 5.49. The zero-order chi connectivity index (χ0) is 16.7. The number of rotatable bonds is 8. The molecule has 2 aromatic carbocycles. The van der Waals surface area contributed by atoms with Crippen LogP contribution >= 0.6 is 34.8 Å². The van der Waals surface area contributed by atoms with Crippen LogP contribution in [-0.4, -0.2) is 30.9 Å². The maximum Gasteiger partial charge on any atom is 0.139 e. The molecular formula is C17H18Cl3NO2. The van der Waals surface area contributed by atoms with Crippen LogP contribution in [0.5, 0.6) is 5.75 Å². The number of nitrogens with one attached hydrogen (secondary N) is 1. The third kappa shape index (κ3) is 6.58. The number of aliphatic hydroxyl groups is 1. The second-order valence-electron chi connectivity index (χ2n) is 5.12. The highest BCUT2D eigenvalue weighted by molar-refractivity contribution is 6.34. The first kappa shape index (κ1) is 18.4. The van der Waals surface area contributed by atoms with Crippen LogP contribution in [0.25, 0.3) is 0 Å². The lowest BCUT2D eigenvalue weighted by atomic mass is 10.1. The molecule has 124 valence electrons. The molecule has 0 aliphatic rings.